The summed E-state index contributed by atoms with van der Waals surface area (Å²) >= 11 is 3.22. The third kappa shape index (κ3) is 5.79. The number of halogens is 2. The molecule has 2 aromatic rings. The molecule has 0 spiro atoms. The number of carbonyl (C=O) groups excluding carboxylic acids is 2. The highest BCUT2D eigenvalue weighted by atomic mass is 79.9. The van der Waals surface area contributed by atoms with E-state index in [1.807, 2.05) is 30.3 Å². The molecule has 0 radical (unpaired) electrons. The fourth-order valence-electron chi connectivity index (χ4n) is 2.69. The number of carbonyl (C=O) groups is 2. The van der Waals surface area contributed by atoms with E-state index in [1.54, 1.807) is 6.92 Å². The van der Waals surface area contributed by atoms with Crippen LogP contribution in [0.1, 0.15) is 25.3 Å². The van der Waals surface area contributed by atoms with Gasteiger partial charge in [-0.05, 0) is 59.5 Å². The highest BCUT2D eigenvalue weighted by Gasteiger charge is 2.30. The molecule has 0 heterocycles. The molecule has 0 saturated heterocycles. The Morgan fingerprint density at radius 1 is 1.18 bits per heavy atom. The predicted molar refractivity (Wildman–Crippen MR) is 107 cm³/mol. The van der Waals surface area contributed by atoms with Crippen LogP contribution in [0.25, 0.3) is 0 Å². The molecule has 0 aromatic heterocycles. The molecule has 28 heavy (non-hydrogen) atoms. The van der Waals surface area contributed by atoms with E-state index in [0.717, 1.165) is 18.4 Å². The topological polar surface area (TPSA) is 67.4 Å². The molecule has 0 aliphatic heterocycles. The summed E-state index contributed by atoms with van der Waals surface area (Å²) in [5.74, 6) is -0.667. The van der Waals surface area contributed by atoms with Crippen molar-refractivity contribution in [2.75, 3.05) is 0 Å². The summed E-state index contributed by atoms with van der Waals surface area (Å²) in [5, 5.41) is 5.72. The zero-order valence-electron chi connectivity index (χ0n) is 15.5. The SMILES string of the molecule is CC(Oc1ccc(F)cc1Br)C(=O)NC(Cc1ccccc1)C(=O)NC1CC1. The quantitative estimate of drug-likeness (QED) is 0.650. The van der Waals surface area contributed by atoms with Gasteiger partial charge in [-0.15, -0.1) is 0 Å². The molecule has 1 fully saturated rings. The van der Waals surface area contributed by atoms with Crippen molar-refractivity contribution in [3.8, 4) is 5.75 Å². The lowest BCUT2D eigenvalue weighted by Crippen LogP contribution is -2.51. The van der Waals surface area contributed by atoms with Crippen molar-refractivity contribution < 1.29 is 18.7 Å². The van der Waals surface area contributed by atoms with Crippen molar-refractivity contribution in [3.63, 3.8) is 0 Å². The molecule has 1 saturated carbocycles. The fourth-order valence-corrected chi connectivity index (χ4v) is 3.14. The van der Waals surface area contributed by atoms with Crippen LogP contribution < -0.4 is 15.4 Å². The molecule has 148 valence electrons. The van der Waals surface area contributed by atoms with Crippen molar-refractivity contribution in [2.45, 2.75) is 44.4 Å². The van der Waals surface area contributed by atoms with Gasteiger partial charge < -0.3 is 15.4 Å². The molecule has 0 bridgehead atoms. The van der Waals surface area contributed by atoms with E-state index < -0.39 is 23.9 Å². The minimum absolute atomic E-state index is 0.199. The van der Waals surface area contributed by atoms with Gasteiger partial charge >= 0.3 is 0 Å². The Morgan fingerprint density at radius 3 is 2.54 bits per heavy atom. The van der Waals surface area contributed by atoms with Crippen LogP contribution in [0.4, 0.5) is 4.39 Å². The van der Waals surface area contributed by atoms with Gasteiger partial charge in [-0.3, -0.25) is 9.59 Å². The largest absolute Gasteiger partial charge is 0.480 e. The minimum atomic E-state index is -0.853. The van der Waals surface area contributed by atoms with Crippen LogP contribution in [0.3, 0.4) is 0 Å². The zero-order chi connectivity index (χ0) is 20.1. The third-order valence-electron chi connectivity index (χ3n) is 4.41. The van der Waals surface area contributed by atoms with Gasteiger partial charge in [-0.25, -0.2) is 4.39 Å². The highest BCUT2D eigenvalue weighted by Crippen LogP contribution is 2.26. The van der Waals surface area contributed by atoms with Gasteiger partial charge in [-0.2, -0.15) is 0 Å². The number of amides is 2. The minimum Gasteiger partial charge on any atom is -0.480 e. The molecule has 3 rings (SSSR count). The lowest BCUT2D eigenvalue weighted by Gasteiger charge is -2.22. The average molecular weight is 449 g/mol. The second-order valence-corrected chi connectivity index (χ2v) is 7.72. The molecule has 7 heteroatoms. The lowest BCUT2D eigenvalue weighted by atomic mass is 10.0. The second kappa shape index (κ2) is 9.19. The van der Waals surface area contributed by atoms with E-state index in [2.05, 4.69) is 26.6 Å². The van der Waals surface area contributed by atoms with Crippen molar-refractivity contribution in [1.29, 1.82) is 0 Å². The van der Waals surface area contributed by atoms with Crippen LogP contribution >= 0.6 is 15.9 Å². The highest BCUT2D eigenvalue weighted by molar-refractivity contribution is 9.10. The maximum Gasteiger partial charge on any atom is 0.261 e. The van der Waals surface area contributed by atoms with E-state index >= 15 is 0 Å². The number of hydrogen-bond acceptors (Lipinski definition) is 3. The first-order valence-electron chi connectivity index (χ1n) is 9.19. The molecule has 2 amide bonds. The standard InChI is InChI=1S/C21H22BrFN2O3/c1-13(28-19-10-7-15(23)12-17(19)22)20(26)25-18(21(27)24-16-8-9-16)11-14-5-3-2-4-6-14/h2-7,10,12-13,16,18H,8-9,11H2,1H3,(H,24,27)(H,25,26). The predicted octanol–water partition coefficient (Wildman–Crippen LogP) is 3.36. The smallest absolute Gasteiger partial charge is 0.261 e. The number of hydrogen-bond donors (Lipinski definition) is 2. The zero-order valence-corrected chi connectivity index (χ0v) is 17.0. The number of rotatable bonds is 8. The molecule has 2 aromatic carbocycles. The molecule has 1 aliphatic rings. The number of benzene rings is 2. The molecular weight excluding hydrogens is 427 g/mol. The summed E-state index contributed by atoms with van der Waals surface area (Å²) in [6.07, 6.45) is 1.47. The maximum atomic E-state index is 13.2. The lowest BCUT2D eigenvalue weighted by molar-refractivity contribution is -0.132. The van der Waals surface area contributed by atoms with E-state index in [9.17, 15) is 14.0 Å². The van der Waals surface area contributed by atoms with Gasteiger partial charge in [-0.1, -0.05) is 30.3 Å². The first-order chi connectivity index (χ1) is 13.4. The van der Waals surface area contributed by atoms with Gasteiger partial charge in [0.05, 0.1) is 4.47 Å². The van der Waals surface area contributed by atoms with Gasteiger partial charge in [0.2, 0.25) is 5.91 Å². The molecule has 5 nitrogen and oxygen atoms in total. The van der Waals surface area contributed by atoms with Crippen LogP contribution in [0.2, 0.25) is 0 Å². The molecule has 2 unspecified atom stereocenters. The Kier molecular flexibility index (Phi) is 6.67. The van der Waals surface area contributed by atoms with Crippen LogP contribution in [0.5, 0.6) is 5.75 Å². The van der Waals surface area contributed by atoms with Gasteiger partial charge in [0, 0.05) is 12.5 Å². The Morgan fingerprint density at radius 2 is 1.89 bits per heavy atom. The molecule has 1 aliphatic carbocycles. The summed E-state index contributed by atoms with van der Waals surface area (Å²) in [6.45, 7) is 1.59. The van der Waals surface area contributed by atoms with Crippen LogP contribution in [-0.4, -0.2) is 30.0 Å². The fraction of sp³-hybridized carbons (Fsp3) is 0.333. The summed E-state index contributed by atoms with van der Waals surface area (Å²) in [7, 11) is 0. The average Bonchev–Trinajstić information content (AvgIpc) is 3.48. The van der Waals surface area contributed by atoms with Gasteiger partial charge in [0.15, 0.2) is 6.10 Å². The molecule has 2 N–H and O–H groups in total. The van der Waals surface area contributed by atoms with E-state index in [4.69, 9.17) is 4.74 Å². The number of nitrogens with one attached hydrogen (secondary N) is 2. The van der Waals surface area contributed by atoms with Gasteiger partial charge in [0.1, 0.15) is 17.6 Å². The van der Waals surface area contributed by atoms with Crippen molar-refractivity contribution in [3.05, 3.63) is 64.4 Å². The molecule has 2 atom stereocenters. The summed E-state index contributed by atoms with van der Waals surface area (Å²) in [6, 6.07) is 13.0. The first-order valence-corrected chi connectivity index (χ1v) is 9.98. The summed E-state index contributed by atoms with van der Waals surface area (Å²) < 4.78 is 19.3. The Hall–Kier alpha value is -2.41. The summed E-state index contributed by atoms with van der Waals surface area (Å²) in [4.78, 5) is 25.2. The van der Waals surface area contributed by atoms with Crippen LogP contribution in [-0.2, 0) is 16.0 Å². The number of ether oxygens (including phenoxy) is 1. The van der Waals surface area contributed by atoms with Crippen molar-refractivity contribution in [1.82, 2.24) is 10.6 Å². The maximum absolute atomic E-state index is 13.2. The van der Waals surface area contributed by atoms with Crippen LogP contribution in [0, 0.1) is 5.82 Å². The Balaban J connectivity index is 1.65. The third-order valence-corrected chi connectivity index (χ3v) is 5.03. The van der Waals surface area contributed by atoms with Crippen LogP contribution in [0.15, 0.2) is 53.0 Å². The van der Waals surface area contributed by atoms with Crippen molar-refractivity contribution >= 4 is 27.7 Å². The Labute approximate surface area is 171 Å². The molecular formula is C21H22BrFN2O3. The van der Waals surface area contributed by atoms with Crippen molar-refractivity contribution in [2.24, 2.45) is 0 Å². The normalized spacial score (nSPS) is 15.4. The summed E-state index contributed by atoms with van der Waals surface area (Å²) in [5.41, 5.74) is 0.952. The van der Waals surface area contributed by atoms with E-state index in [0.29, 0.717) is 16.6 Å². The van der Waals surface area contributed by atoms with Gasteiger partial charge in [0.25, 0.3) is 5.91 Å². The second-order valence-electron chi connectivity index (χ2n) is 6.87. The first kappa shape index (κ1) is 20.3. The van der Waals surface area contributed by atoms with E-state index in [1.165, 1.54) is 18.2 Å². The van der Waals surface area contributed by atoms with E-state index in [-0.39, 0.29) is 11.9 Å². The Bertz CT molecular complexity index is 843. The monoisotopic (exact) mass is 448 g/mol.